The fourth-order valence-corrected chi connectivity index (χ4v) is 2.96. The number of carbonyl (C=O) groups is 1. The molecular formula is C19H27NO2. The van der Waals surface area contributed by atoms with E-state index in [9.17, 15) is 4.79 Å². The van der Waals surface area contributed by atoms with Crippen LogP contribution < -0.4 is 5.73 Å². The third-order valence-electron chi connectivity index (χ3n) is 4.17. The summed E-state index contributed by atoms with van der Waals surface area (Å²) in [6, 6.07) is 7.61. The third-order valence-corrected chi connectivity index (χ3v) is 4.17. The second-order valence-corrected chi connectivity index (χ2v) is 5.99. The molecule has 3 nitrogen and oxygen atoms in total. The third kappa shape index (κ3) is 4.36. The molecule has 2 N–H and O–H groups in total. The smallest absolute Gasteiger partial charge is 0.252 e. The number of hydrogen-bond acceptors (Lipinski definition) is 2. The second kappa shape index (κ2) is 8.62. The van der Waals surface area contributed by atoms with Crippen molar-refractivity contribution in [1.82, 2.24) is 0 Å². The summed E-state index contributed by atoms with van der Waals surface area (Å²) in [5.74, 6) is 0.360. The molecule has 0 aliphatic rings. The normalized spacial score (nSPS) is 11.1. The van der Waals surface area contributed by atoms with Gasteiger partial charge in [-0.1, -0.05) is 70.1 Å². The van der Waals surface area contributed by atoms with Gasteiger partial charge in [0.25, 0.3) is 5.91 Å². The average Bonchev–Trinajstić information content (AvgIpc) is 2.88. The number of amides is 1. The van der Waals surface area contributed by atoms with Crippen molar-refractivity contribution in [3.8, 4) is 0 Å². The van der Waals surface area contributed by atoms with Crippen molar-refractivity contribution in [3.05, 3.63) is 35.6 Å². The largest absolute Gasteiger partial charge is 0.460 e. The molecule has 0 aliphatic carbocycles. The molecule has 0 saturated heterocycles. The van der Waals surface area contributed by atoms with Crippen LogP contribution in [0.15, 0.2) is 28.7 Å². The van der Waals surface area contributed by atoms with Gasteiger partial charge in [0.2, 0.25) is 0 Å². The van der Waals surface area contributed by atoms with Crippen LogP contribution in [0.25, 0.3) is 11.0 Å². The summed E-state index contributed by atoms with van der Waals surface area (Å²) in [5, 5.41) is 0.838. The zero-order valence-electron chi connectivity index (χ0n) is 13.6. The van der Waals surface area contributed by atoms with Crippen LogP contribution in [0, 0.1) is 0 Å². The first-order chi connectivity index (χ1) is 10.7. The van der Waals surface area contributed by atoms with E-state index in [1.165, 1.54) is 44.9 Å². The molecule has 0 aliphatic heterocycles. The van der Waals surface area contributed by atoms with Gasteiger partial charge in [0.15, 0.2) is 0 Å². The summed E-state index contributed by atoms with van der Waals surface area (Å²) >= 11 is 0. The van der Waals surface area contributed by atoms with E-state index in [4.69, 9.17) is 10.2 Å². The van der Waals surface area contributed by atoms with Gasteiger partial charge in [-0.15, -0.1) is 0 Å². The van der Waals surface area contributed by atoms with E-state index >= 15 is 0 Å². The van der Waals surface area contributed by atoms with Gasteiger partial charge >= 0.3 is 0 Å². The number of aryl methyl sites for hydroxylation is 1. The highest BCUT2D eigenvalue weighted by Gasteiger charge is 2.17. The van der Waals surface area contributed by atoms with Crippen LogP contribution in [0.2, 0.25) is 0 Å². The molecule has 2 rings (SSSR count). The fourth-order valence-electron chi connectivity index (χ4n) is 2.96. The minimum Gasteiger partial charge on any atom is -0.460 e. The van der Waals surface area contributed by atoms with Gasteiger partial charge in [0, 0.05) is 11.8 Å². The molecule has 0 unspecified atom stereocenters. The Morgan fingerprint density at radius 1 is 1.00 bits per heavy atom. The van der Waals surface area contributed by atoms with Crippen molar-refractivity contribution >= 4 is 16.9 Å². The Hall–Kier alpha value is -1.77. The first-order valence-electron chi connectivity index (χ1n) is 8.54. The van der Waals surface area contributed by atoms with Crippen LogP contribution in [0.5, 0.6) is 0 Å². The van der Waals surface area contributed by atoms with Gasteiger partial charge in [-0.05, 0) is 12.5 Å². The first-order valence-corrected chi connectivity index (χ1v) is 8.54. The molecule has 22 heavy (non-hydrogen) atoms. The first kappa shape index (κ1) is 16.6. The number of hydrogen-bond donors (Lipinski definition) is 1. The number of carbonyl (C=O) groups excluding carboxylic acids is 1. The van der Waals surface area contributed by atoms with E-state index in [2.05, 4.69) is 6.92 Å². The van der Waals surface area contributed by atoms with E-state index in [0.29, 0.717) is 5.56 Å². The second-order valence-electron chi connectivity index (χ2n) is 5.99. The summed E-state index contributed by atoms with van der Waals surface area (Å²) in [6.07, 6.45) is 10.9. The number of para-hydroxylation sites is 1. The quantitative estimate of drug-likeness (QED) is 0.612. The number of nitrogens with two attached hydrogens (primary N) is 1. The maximum atomic E-state index is 11.7. The van der Waals surface area contributed by atoms with Gasteiger partial charge in [-0.25, -0.2) is 0 Å². The van der Waals surface area contributed by atoms with Gasteiger partial charge in [0.1, 0.15) is 11.3 Å². The predicted octanol–water partition coefficient (Wildman–Crippen LogP) is 5.21. The summed E-state index contributed by atoms with van der Waals surface area (Å²) in [5.41, 5.74) is 6.85. The van der Waals surface area contributed by atoms with Crippen molar-refractivity contribution < 1.29 is 9.21 Å². The standard InChI is InChI=1S/C19H27NO2/c1-2-3-4-5-6-7-8-9-14-17-18(19(20)21)15-12-10-11-13-16(15)22-17/h10-13H,2-9,14H2,1H3,(H2,20,21). The Kier molecular flexibility index (Phi) is 6.50. The monoisotopic (exact) mass is 301 g/mol. The Bertz CT molecular complexity index is 601. The minimum absolute atomic E-state index is 0.389. The van der Waals surface area contributed by atoms with Crippen LogP contribution in [-0.2, 0) is 6.42 Å². The summed E-state index contributed by atoms with van der Waals surface area (Å²) in [7, 11) is 0. The van der Waals surface area contributed by atoms with E-state index in [1.54, 1.807) is 0 Å². The molecule has 1 amide bonds. The molecule has 1 heterocycles. The van der Waals surface area contributed by atoms with Crippen molar-refractivity contribution in [2.45, 2.75) is 64.7 Å². The number of unbranched alkanes of at least 4 members (excludes halogenated alkanes) is 7. The number of furan rings is 1. The summed E-state index contributed by atoms with van der Waals surface area (Å²) < 4.78 is 5.82. The molecule has 0 spiro atoms. The molecule has 2 aromatic rings. The van der Waals surface area contributed by atoms with E-state index in [-0.39, 0.29) is 5.91 Å². The summed E-state index contributed by atoms with van der Waals surface area (Å²) in [4.78, 5) is 11.7. The topological polar surface area (TPSA) is 56.2 Å². The molecule has 0 radical (unpaired) electrons. The van der Waals surface area contributed by atoms with Crippen molar-refractivity contribution in [2.75, 3.05) is 0 Å². The van der Waals surface area contributed by atoms with E-state index in [1.807, 2.05) is 24.3 Å². The SMILES string of the molecule is CCCCCCCCCCc1oc2ccccc2c1C(N)=O. The molecule has 3 heteroatoms. The van der Waals surface area contributed by atoms with Gasteiger partial charge < -0.3 is 10.2 Å². The summed E-state index contributed by atoms with van der Waals surface area (Å²) in [6.45, 7) is 2.24. The Balaban J connectivity index is 1.84. The van der Waals surface area contributed by atoms with E-state index < -0.39 is 0 Å². The lowest BCUT2D eigenvalue weighted by Gasteiger charge is -2.02. The lowest BCUT2D eigenvalue weighted by Crippen LogP contribution is -2.12. The van der Waals surface area contributed by atoms with Gasteiger partial charge in [-0.2, -0.15) is 0 Å². The molecule has 1 aromatic carbocycles. The highest BCUT2D eigenvalue weighted by Crippen LogP contribution is 2.27. The molecule has 120 valence electrons. The maximum absolute atomic E-state index is 11.7. The molecule has 0 atom stereocenters. The van der Waals surface area contributed by atoms with E-state index in [0.717, 1.165) is 29.6 Å². The number of fused-ring (bicyclic) bond motifs is 1. The number of rotatable bonds is 10. The van der Waals surface area contributed by atoms with Crippen LogP contribution in [0.1, 0.15) is 74.4 Å². The van der Waals surface area contributed by atoms with Crippen LogP contribution in [0.3, 0.4) is 0 Å². The van der Waals surface area contributed by atoms with Crippen LogP contribution >= 0.6 is 0 Å². The van der Waals surface area contributed by atoms with Gasteiger partial charge in [0.05, 0.1) is 5.56 Å². The zero-order valence-corrected chi connectivity index (χ0v) is 13.6. The Morgan fingerprint density at radius 3 is 2.32 bits per heavy atom. The Morgan fingerprint density at radius 2 is 1.64 bits per heavy atom. The lowest BCUT2D eigenvalue weighted by atomic mass is 10.0. The average molecular weight is 301 g/mol. The number of benzene rings is 1. The highest BCUT2D eigenvalue weighted by atomic mass is 16.3. The van der Waals surface area contributed by atoms with Crippen LogP contribution in [-0.4, -0.2) is 5.91 Å². The Labute approximate surface area is 132 Å². The fraction of sp³-hybridized carbons (Fsp3) is 0.526. The van der Waals surface area contributed by atoms with Crippen molar-refractivity contribution in [3.63, 3.8) is 0 Å². The number of primary amides is 1. The molecule has 0 fully saturated rings. The maximum Gasteiger partial charge on any atom is 0.252 e. The predicted molar refractivity (Wildman–Crippen MR) is 91.0 cm³/mol. The highest BCUT2D eigenvalue weighted by molar-refractivity contribution is 6.06. The molecular weight excluding hydrogens is 274 g/mol. The zero-order chi connectivity index (χ0) is 15.8. The minimum atomic E-state index is -0.389. The molecule has 1 aromatic heterocycles. The van der Waals surface area contributed by atoms with Crippen molar-refractivity contribution in [2.24, 2.45) is 5.73 Å². The van der Waals surface area contributed by atoms with Crippen LogP contribution in [0.4, 0.5) is 0 Å². The molecule has 0 saturated carbocycles. The van der Waals surface area contributed by atoms with Gasteiger partial charge in [-0.3, -0.25) is 4.79 Å². The molecule has 0 bridgehead atoms. The lowest BCUT2D eigenvalue weighted by molar-refractivity contribution is 0.0999. The van der Waals surface area contributed by atoms with Crippen molar-refractivity contribution in [1.29, 1.82) is 0 Å².